The minimum atomic E-state index is -0.864. The van der Waals surface area contributed by atoms with E-state index in [1.165, 1.54) is 5.56 Å². The van der Waals surface area contributed by atoms with E-state index < -0.39 is 12.2 Å². The Morgan fingerprint density at radius 2 is 1.86 bits per heavy atom. The lowest BCUT2D eigenvalue weighted by atomic mass is 9.82. The number of piperidine rings is 1. The number of nitrogens with one attached hydrogen (secondary N) is 1. The predicted octanol–water partition coefficient (Wildman–Crippen LogP) is 4.50. The van der Waals surface area contributed by atoms with Crippen LogP contribution in [0.5, 0.6) is 0 Å². The fourth-order valence-corrected chi connectivity index (χ4v) is 6.78. The van der Waals surface area contributed by atoms with Crippen molar-refractivity contribution in [3.8, 4) is 10.6 Å². The number of hydrogen-bond acceptors (Lipinski definition) is 7. The molecule has 0 bridgehead atoms. The summed E-state index contributed by atoms with van der Waals surface area (Å²) >= 11 is 7.78. The van der Waals surface area contributed by atoms with Crippen LogP contribution in [-0.4, -0.2) is 55.0 Å². The quantitative estimate of drug-likeness (QED) is 0.319. The van der Waals surface area contributed by atoms with Crippen molar-refractivity contribution in [2.75, 3.05) is 13.1 Å². The van der Waals surface area contributed by atoms with Gasteiger partial charge in [-0.1, -0.05) is 30.3 Å². The molecule has 0 radical (unpaired) electrons. The molecule has 36 heavy (non-hydrogen) atoms. The van der Waals surface area contributed by atoms with Crippen LogP contribution in [0.4, 0.5) is 0 Å². The summed E-state index contributed by atoms with van der Waals surface area (Å²) in [6.45, 7) is 1.92. The van der Waals surface area contributed by atoms with Crippen LogP contribution in [0.2, 0.25) is 5.28 Å². The molecule has 1 aliphatic heterocycles. The van der Waals surface area contributed by atoms with Gasteiger partial charge in [-0.05, 0) is 61.4 Å². The topological polar surface area (TPSA) is 96.1 Å². The zero-order valence-corrected chi connectivity index (χ0v) is 22.0. The van der Waals surface area contributed by atoms with Crippen LogP contribution >= 0.6 is 35.3 Å². The van der Waals surface area contributed by atoms with Gasteiger partial charge >= 0.3 is 0 Å². The molecule has 4 aromatic rings. The van der Waals surface area contributed by atoms with Gasteiger partial charge in [0, 0.05) is 35.1 Å². The summed E-state index contributed by atoms with van der Waals surface area (Å²) in [6.07, 6.45) is 5.64. The predicted molar refractivity (Wildman–Crippen MR) is 145 cm³/mol. The molecule has 1 saturated carbocycles. The van der Waals surface area contributed by atoms with Gasteiger partial charge in [0.2, 0.25) is 5.28 Å². The molecule has 1 aromatic carbocycles. The molecule has 0 spiro atoms. The molecule has 3 aromatic heterocycles. The van der Waals surface area contributed by atoms with Crippen molar-refractivity contribution < 1.29 is 10.2 Å². The van der Waals surface area contributed by atoms with Crippen LogP contribution in [0.1, 0.15) is 36.6 Å². The van der Waals surface area contributed by atoms with E-state index in [0.717, 1.165) is 54.0 Å². The second-order valence-electron chi connectivity index (χ2n) is 9.67. The van der Waals surface area contributed by atoms with Crippen molar-refractivity contribution >= 4 is 46.4 Å². The van der Waals surface area contributed by atoms with Gasteiger partial charge in [-0.2, -0.15) is 4.98 Å². The summed E-state index contributed by atoms with van der Waals surface area (Å²) < 4.78 is 1.99. The van der Waals surface area contributed by atoms with Gasteiger partial charge in [0.1, 0.15) is 16.8 Å². The Morgan fingerprint density at radius 3 is 2.64 bits per heavy atom. The van der Waals surface area contributed by atoms with Crippen molar-refractivity contribution in [1.29, 1.82) is 0 Å². The zero-order chi connectivity index (χ0) is 23.9. The molecule has 10 heteroatoms. The Morgan fingerprint density at radius 1 is 1.08 bits per heavy atom. The van der Waals surface area contributed by atoms with Crippen LogP contribution in [-0.2, 0) is 6.42 Å². The van der Waals surface area contributed by atoms with Crippen LogP contribution in [0, 0.1) is 11.8 Å². The van der Waals surface area contributed by atoms with Gasteiger partial charge in [0.25, 0.3) is 0 Å². The van der Waals surface area contributed by atoms with E-state index in [-0.39, 0.29) is 29.7 Å². The summed E-state index contributed by atoms with van der Waals surface area (Å²) in [7, 11) is 0. The second kappa shape index (κ2) is 10.7. The molecule has 6 rings (SSSR count). The lowest BCUT2D eigenvalue weighted by molar-refractivity contribution is -0.00767. The maximum absolute atomic E-state index is 11.1. The number of hydrogen-bond donors (Lipinski definition) is 3. The Balaban J connectivity index is 0.00000267. The first-order valence-electron chi connectivity index (χ1n) is 12.2. The highest BCUT2D eigenvalue weighted by Gasteiger charge is 2.46. The fraction of sp³-hybridized carbons (Fsp3) is 0.423. The molecule has 4 heterocycles. The summed E-state index contributed by atoms with van der Waals surface area (Å²) in [6, 6.07) is 10.0. The molecular formula is C26H29Cl2N5O2S. The fourth-order valence-electron chi connectivity index (χ4n) is 5.81. The Bertz CT molecular complexity index is 1320. The molecule has 3 N–H and O–H groups in total. The summed E-state index contributed by atoms with van der Waals surface area (Å²) in [5, 5.41) is 29.5. The van der Waals surface area contributed by atoms with Gasteiger partial charge in [-0.25, -0.2) is 9.97 Å². The van der Waals surface area contributed by atoms with Crippen molar-refractivity contribution in [1.82, 2.24) is 24.8 Å². The number of aliphatic hydroxyl groups excluding tert-OH is 2. The lowest BCUT2D eigenvalue weighted by Gasteiger charge is -2.30. The average Bonchev–Trinajstić information content (AvgIpc) is 3.57. The molecule has 0 amide bonds. The minimum Gasteiger partial charge on any atom is -0.390 e. The van der Waals surface area contributed by atoms with Crippen molar-refractivity contribution in [3.05, 3.63) is 64.6 Å². The number of nitrogens with zero attached hydrogens (tertiary/aromatic N) is 4. The summed E-state index contributed by atoms with van der Waals surface area (Å²) in [5.74, 6) is 0.470. The molecule has 0 unspecified atom stereocenters. The molecular weight excluding hydrogens is 517 g/mol. The molecule has 1 saturated heterocycles. The molecule has 7 nitrogen and oxygen atoms in total. The third-order valence-corrected chi connectivity index (χ3v) is 8.70. The van der Waals surface area contributed by atoms with Crippen LogP contribution in [0.15, 0.2) is 48.1 Å². The number of aromatic nitrogens is 4. The number of halogens is 2. The van der Waals surface area contributed by atoms with E-state index in [4.69, 9.17) is 16.6 Å². The van der Waals surface area contributed by atoms with Gasteiger partial charge in [-0.3, -0.25) is 0 Å². The van der Waals surface area contributed by atoms with Crippen molar-refractivity contribution in [2.45, 2.75) is 43.9 Å². The molecule has 2 fully saturated rings. The maximum atomic E-state index is 11.1. The van der Waals surface area contributed by atoms with E-state index >= 15 is 0 Å². The van der Waals surface area contributed by atoms with Crippen LogP contribution < -0.4 is 5.32 Å². The number of rotatable bonds is 5. The zero-order valence-electron chi connectivity index (χ0n) is 19.6. The molecule has 1 aliphatic carbocycles. The highest BCUT2D eigenvalue weighted by molar-refractivity contribution is 7.13. The normalized spacial score (nSPS) is 24.8. The van der Waals surface area contributed by atoms with Gasteiger partial charge in [0.05, 0.1) is 17.8 Å². The third kappa shape index (κ3) is 4.78. The standard InChI is InChI=1S/C26H28ClN5O2S.ClH/c27-26-29-12-19-20(25-30-17(14-35-25)10-15-4-2-1-3-5-15)13-32(24(19)31-26)21-11-18(22(33)23(21)34)16-6-8-28-9-7-16;/h1-5,12-14,16,18,21-23,28,33-34H,6-11H2;1H/t18-,21-,22-,23+;/m1./s1. The van der Waals surface area contributed by atoms with Crippen molar-refractivity contribution in [2.24, 2.45) is 11.8 Å². The highest BCUT2D eigenvalue weighted by atomic mass is 35.5. The van der Waals surface area contributed by atoms with Gasteiger partial charge < -0.3 is 20.1 Å². The largest absolute Gasteiger partial charge is 0.390 e. The summed E-state index contributed by atoms with van der Waals surface area (Å²) in [4.78, 5) is 13.7. The minimum absolute atomic E-state index is 0. The Kier molecular flexibility index (Phi) is 7.62. The van der Waals surface area contributed by atoms with E-state index in [9.17, 15) is 10.2 Å². The van der Waals surface area contributed by atoms with Crippen LogP contribution in [0.25, 0.3) is 21.6 Å². The first kappa shape index (κ1) is 25.6. The smallest absolute Gasteiger partial charge is 0.224 e. The first-order valence-corrected chi connectivity index (χ1v) is 13.4. The van der Waals surface area contributed by atoms with E-state index in [1.54, 1.807) is 17.5 Å². The second-order valence-corrected chi connectivity index (χ2v) is 10.9. The Hall–Kier alpha value is -2.07. The van der Waals surface area contributed by atoms with Crippen molar-refractivity contribution in [3.63, 3.8) is 0 Å². The number of aliphatic hydroxyl groups is 2. The third-order valence-electron chi connectivity index (χ3n) is 7.60. The molecule has 2 aliphatic rings. The van der Waals surface area contributed by atoms with Gasteiger partial charge in [0.15, 0.2) is 0 Å². The Labute approximate surface area is 225 Å². The number of fused-ring (bicyclic) bond motifs is 1. The van der Waals surface area contributed by atoms with E-state index in [1.807, 2.05) is 29.0 Å². The monoisotopic (exact) mass is 545 g/mol. The molecule has 190 valence electrons. The van der Waals surface area contributed by atoms with Crippen LogP contribution in [0.3, 0.4) is 0 Å². The highest BCUT2D eigenvalue weighted by Crippen LogP contribution is 2.44. The summed E-state index contributed by atoms with van der Waals surface area (Å²) in [5.41, 5.74) is 3.82. The number of benzene rings is 1. The average molecular weight is 547 g/mol. The lowest BCUT2D eigenvalue weighted by Crippen LogP contribution is -2.37. The van der Waals surface area contributed by atoms with E-state index in [2.05, 4.69) is 32.8 Å². The SMILES string of the molecule is Cl.O[C@@H]1[C@H](O)[C@@H](C2CCNCC2)C[C@H]1n1cc(-c2nc(Cc3ccccc3)cs2)c2cnc(Cl)nc21. The number of thiazole rings is 1. The first-order chi connectivity index (χ1) is 17.1. The van der Waals surface area contributed by atoms with E-state index in [0.29, 0.717) is 18.0 Å². The maximum Gasteiger partial charge on any atom is 0.224 e. The molecule has 4 atom stereocenters. The van der Waals surface area contributed by atoms with Gasteiger partial charge in [-0.15, -0.1) is 23.7 Å².